The van der Waals surface area contributed by atoms with Gasteiger partial charge in [-0.15, -0.1) is 0 Å². The first-order valence-corrected chi connectivity index (χ1v) is 6.79. The van der Waals surface area contributed by atoms with Gasteiger partial charge in [0.2, 0.25) is 5.55 Å². The van der Waals surface area contributed by atoms with Crippen LogP contribution in [-0.2, 0) is 4.79 Å². The van der Waals surface area contributed by atoms with Crippen molar-refractivity contribution in [1.29, 1.82) is 0 Å². The summed E-state index contributed by atoms with van der Waals surface area (Å²) in [7, 11) is 0. The maximum absolute atomic E-state index is 10.4. The summed E-state index contributed by atoms with van der Waals surface area (Å²) >= 11 is 1.37. The van der Waals surface area contributed by atoms with Gasteiger partial charge >= 0.3 is 5.97 Å². The number of benzene rings is 1. The normalized spacial score (nSPS) is 12.6. The molecule has 2 aromatic rings. The average Bonchev–Trinajstić information content (AvgIpc) is 2.73. The van der Waals surface area contributed by atoms with Crippen LogP contribution < -0.4 is 10.8 Å². The lowest BCUT2D eigenvalue weighted by atomic mass is 10.2. The van der Waals surface area contributed by atoms with Gasteiger partial charge < -0.3 is 14.6 Å². The molecule has 2 N–H and O–H groups in total. The zero-order valence-corrected chi connectivity index (χ0v) is 10.9. The smallest absolute Gasteiger partial charge is 0.304 e. The summed E-state index contributed by atoms with van der Waals surface area (Å²) in [5.74, 6) is 0.189. The van der Waals surface area contributed by atoms with Gasteiger partial charge in [-0.3, -0.25) is 4.79 Å². The Kier molecular flexibility index (Phi) is 4.11. The number of aliphatic hydroxyl groups excluding tert-OH is 1. The quantitative estimate of drug-likeness (QED) is 0.798. The molecule has 1 aromatic carbocycles. The molecule has 5 nitrogen and oxygen atoms in total. The third-order valence-electron chi connectivity index (χ3n) is 2.46. The van der Waals surface area contributed by atoms with Crippen LogP contribution in [0.1, 0.15) is 6.42 Å². The number of rotatable bonds is 5. The molecule has 1 aromatic heterocycles. The van der Waals surface area contributed by atoms with Gasteiger partial charge in [-0.1, -0.05) is 0 Å². The average molecular weight is 279 g/mol. The van der Waals surface area contributed by atoms with Gasteiger partial charge in [0.15, 0.2) is 5.58 Å². The number of carboxylic acids is 1. The Balaban J connectivity index is 2.13. The van der Waals surface area contributed by atoms with Gasteiger partial charge in [-0.2, -0.15) is 11.8 Å². The Labute approximate surface area is 113 Å². The number of hydrogen-bond acceptors (Lipinski definition) is 5. The van der Waals surface area contributed by atoms with Crippen LogP contribution in [0.4, 0.5) is 0 Å². The van der Waals surface area contributed by atoms with Gasteiger partial charge in [0.25, 0.3) is 0 Å². The SMILES string of the molecule is C=c1nc2cc/c(=C(/O)CSCCC(=O)O)cc2o1. The van der Waals surface area contributed by atoms with E-state index in [9.17, 15) is 9.90 Å². The highest BCUT2D eigenvalue weighted by atomic mass is 32.2. The molecule has 0 fully saturated rings. The van der Waals surface area contributed by atoms with Crippen molar-refractivity contribution in [3.8, 4) is 0 Å². The molecule has 0 radical (unpaired) electrons. The molecule has 6 heteroatoms. The summed E-state index contributed by atoms with van der Waals surface area (Å²) in [6.07, 6.45) is 0.0873. The molecule has 0 aliphatic heterocycles. The van der Waals surface area contributed by atoms with Crippen LogP contribution in [0.25, 0.3) is 23.4 Å². The minimum atomic E-state index is -0.835. The summed E-state index contributed by atoms with van der Waals surface area (Å²) in [6.45, 7) is 3.60. The molecule has 0 aliphatic rings. The van der Waals surface area contributed by atoms with Gasteiger partial charge in [0, 0.05) is 11.0 Å². The zero-order valence-electron chi connectivity index (χ0n) is 10.1. The Bertz CT molecular complexity index is 707. The van der Waals surface area contributed by atoms with Gasteiger partial charge in [-0.25, -0.2) is 4.98 Å². The number of carboxylic acid groups (broad SMARTS) is 1. The molecule has 19 heavy (non-hydrogen) atoms. The summed E-state index contributed by atoms with van der Waals surface area (Å²) in [6, 6.07) is 5.20. The van der Waals surface area contributed by atoms with E-state index in [0.717, 1.165) is 0 Å². The monoisotopic (exact) mass is 279 g/mol. The van der Waals surface area contributed by atoms with Crippen molar-refractivity contribution >= 4 is 41.2 Å². The van der Waals surface area contributed by atoms with Crippen molar-refractivity contribution in [2.24, 2.45) is 0 Å². The van der Waals surface area contributed by atoms with Crippen LogP contribution in [0.5, 0.6) is 0 Å². The second-order valence-electron chi connectivity index (χ2n) is 3.93. The van der Waals surface area contributed by atoms with Crippen LogP contribution in [0.2, 0.25) is 0 Å². The zero-order chi connectivity index (χ0) is 13.8. The molecule has 0 saturated carbocycles. The summed E-state index contributed by atoms with van der Waals surface area (Å²) in [5, 5.41) is 19.1. The summed E-state index contributed by atoms with van der Waals surface area (Å²) in [4.78, 5) is 14.4. The Morgan fingerprint density at radius 1 is 1.42 bits per heavy atom. The fourth-order valence-corrected chi connectivity index (χ4v) is 2.39. The lowest BCUT2D eigenvalue weighted by Gasteiger charge is -1.99. The number of thioether (sulfide) groups is 1. The van der Waals surface area contributed by atoms with E-state index in [1.165, 1.54) is 11.8 Å². The number of aliphatic hydroxyl groups is 1. The summed E-state index contributed by atoms with van der Waals surface area (Å²) < 4.78 is 5.28. The topological polar surface area (TPSA) is 83.6 Å². The molecular formula is C13H13NO4S. The highest BCUT2D eigenvalue weighted by molar-refractivity contribution is 7.99. The van der Waals surface area contributed by atoms with Crippen molar-refractivity contribution in [3.63, 3.8) is 0 Å². The van der Waals surface area contributed by atoms with E-state index in [0.29, 0.717) is 33.4 Å². The first-order valence-electron chi connectivity index (χ1n) is 5.63. The molecule has 1 heterocycles. The van der Waals surface area contributed by atoms with E-state index in [1.807, 2.05) is 0 Å². The Morgan fingerprint density at radius 2 is 2.21 bits per heavy atom. The summed E-state index contributed by atoms with van der Waals surface area (Å²) in [5.41, 5.74) is 1.60. The Hall–Kier alpha value is -1.95. The largest absolute Gasteiger partial charge is 0.511 e. The third-order valence-corrected chi connectivity index (χ3v) is 3.44. The lowest BCUT2D eigenvalue weighted by molar-refractivity contribution is -0.136. The standard InChI is InChI=1S/C13H13NO4S/c1-8-14-10-3-2-9(6-12(10)18-8)11(15)7-19-5-4-13(16)17/h2-3,6,15H,1,4-5,7H2,(H,16,17)/b11-9-. The van der Waals surface area contributed by atoms with E-state index in [1.54, 1.807) is 18.2 Å². The second-order valence-corrected chi connectivity index (χ2v) is 5.04. The third kappa shape index (κ3) is 3.51. The van der Waals surface area contributed by atoms with Gasteiger partial charge in [-0.05, 0) is 24.8 Å². The van der Waals surface area contributed by atoms with Gasteiger partial charge in [0.05, 0.1) is 12.2 Å². The second kappa shape index (κ2) is 5.79. The number of hydrogen-bond donors (Lipinski definition) is 2. The predicted molar refractivity (Wildman–Crippen MR) is 74.4 cm³/mol. The van der Waals surface area contributed by atoms with E-state index in [4.69, 9.17) is 9.52 Å². The molecule has 100 valence electrons. The maximum atomic E-state index is 10.4. The fraction of sp³-hybridized carbons (Fsp3) is 0.231. The number of fused-ring (bicyclic) bond motifs is 1. The van der Waals surface area contributed by atoms with Crippen LogP contribution in [0.3, 0.4) is 0 Å². The van der Waals surface area contributed by atoms with Crippen LogP contribution in [0, 0.1) is 0 Å². The van der Waals surface area contributed by atoms with Crippen molar-refractivity contribution < 1.29 is 19.4 Å². The van der Waals surface area contributed by atoms with Crippen molar-refractivity contribution in [2.45, 2.75) is 6.42 Å². The fourth-order valence-electron chi connectivity index (χ4n) is 1.56. The number of oxazole rings is 1. The highest BCUT2D eigenvalue weighted by Gasteiger charge is 2.02. The first kappa shape index (κ1) is 13.5. The molecule has 0 unspecified atom stereocenters. The maximum Gasteiger partial charge on any atom is 0.304 e. The van der Waals surface area contributed by atoms with Crippen LogP contribution in [-0.4, -0.2) is 32.7 Å². The number of aromatic nitrogens is 1. The molecule has 2 rings (SSSR count). The Morgan fingerprint density at radius 3 is 2.95 bits per heavy atom. The number of carbonyl (C=O) groups is 1. The number of aliphatic carboxylic acids is 1. The molecule has 0 spiro atoms. The first-order chi connectivity index (χ1) is 9.06. The highest BCUT2D eigenvalue weighted by Crippen LogP contribution is 2.09. The van der Waals surface area contributed by atoms with E-state index in [-0.39, 0.29) is 12.2 Å². The molecule has 0 atom stereocenters. The van der Waals surface area contributed by atoms with E-state index >= 15 is 0 Å². The molecular weight excluding hydrogens is 266 g/mol. The lowest BCUT2D eigenvalue weighted by Crippen LogP contribution is -2.07. The van der Waals surface area contributed by atoms with Crippen LogP contribution >= 0.6 is 11.8 Å². The van der Waals surface area contributed by atoms with Crippen molar-refractivity contribution in [1.82, 2.24) is 4.98 Å². The van der Waals surface area contributed by atoms with Crippen molar-refractivity contribution in [2.75, 3.05) is 11.5 Å². The number of nitrogens with zero attached hydrogens (tertiary/aromatic N) is 1. The molecule has 0 aliphatic carbocycles. The van der Waals surface area contributed by atoms with Gasteiger partial charge in [0.1, 0.15) is 11.3 Å². The molecule has 0 bridgehead atoms. The van der Waals surface area contributed by atoms with E-state index < -0.39 is 5.97 Å². The molecule has 0 saturated heterocycles. The predicted octanol–water partition coefficient (Wildman–Crippen LogP) is 1.11. The minimum Gasteiger partial charge on any atom is -0.511 e. The molecule has 0 amide bonds. The van der Waals surface area contributed by atoms with E-state index in [2.05, 4.69) is 11.6 Å². The van der Waals surface area contributed by atoms with Crippen LogP contribution in [0.15, 0.2) is 22.6 Å². The minimum absolute atomic E-state index is 0.0873. The van der Waals surface area contributed by atoms with Crippen molar-refractivity contribution in [3.05, 3.63) is 29.0 Å².